The molecule has 0 radical (unpaired) electrons. The quantitative estimate of drug-likeness (QED) is 0.729. The Balaban J connectivity index is 1.53. The van der Waals surface area contributed by atoms with E-state index in [1.54, 1.807) is 17.0 Å². The summed E-state index contributed by atoms with van der Waals surface area (Å²) in [4.78, 5) is 16.4. The number of amides is 1. The predicted octanol–water partition coefficient (Wildman–Crippen LogP) is 4.12. The molecule has 1 aliphatic rings. The fourth-order valence-electron chi connectivity index (χ4n) is 3.37. The minimum atomic E-state index is -4.33. The third-order valence-corrected chi connectivity index (χ3v) is 4.87. The minimum absolute atomic E-state index is 0.0398. The fraction of sp³-hybridized carbons (Fsp3) is 0.381. The van der Waals surface area contributed by atoms with Gasteiger partial charge in [0.25, 0.3) is 0 Å². The monoisotopic (exact) mass is 394 g/mol. The van der Waals surface area contributed by atoms with Crippen molar-refractivity contribution in [2.24, 2.45) is 0 Å². The molecule has 0 aliphatic carbocycles. The third kappa shape index (κ3) is 5.55. The van der Waals surface area contributed by atoms with Crippen molar-refractivity contribution in [2.75, 3.05) is 26.2 Å². The van der Waals surface area contributed by atoms with Crippen molar-refractivity contribution in [3.05, 3.63) is 71.0 Å². The van der Waals surface area contributed by atoms with Crippen LogP contribution in [-0.2, 0) is 23.9 Å². The van der Waals surface area contributed by atoms with E-state index in [4.69, 9.17) is 0 Å². The lowest BCUT2D eigenvalue weighted by Gasteiger charge is -2.22. The molecular formula is C21H22F4N2O. The average Bonchev–Trinajstić information content (AvgIpc) is 2.87. The van der Waals surface area contributed by atoms with Crippen LogP contribution in [0.4, 0.5) is 17.6 Å². The van der Waals surface area contributed by atoms with E-state index in [2.05, 4.69) is 4.90 Å². The Labute approximate surface area is 161 Å². The number of hydrogen-bond acceptors (Lipinski definition) is 2. The zero-order valence-electron chi connectivity index (χ0n) is 15.4. The number of rotatable bonds is 4. The van der Waals surface area contributed by atoms with Gasteiger partial charge in [0, 0.05) is 32.7 Å². The van der Waals surface area contributed by atoms with Gasteiger partial charge in [-0.3, -0.25) is 9.69 Å². The molecule has 3 rings (SSSR count). The molecule has 0 spiro atoms. The van der Waals surface area contributed by atoms with Crippen LogP contribution in [0.3, 0.4) is 0 Å². The first kappa shape index (κ1) is 20.3. The van der Waals surface area contributed by atoms with E-state index in [1.807, 2.05) is 0 Å². The molecule has 150 valence electrons. The second-order valence-electron chi connectivity index (χ2n) is 7.01. The number of carbonyl (C=O) groups excluding carboxylic acids is 1. The average molecular weight is 394 g/mol. The maximum atomic E-state index is 13.3. The van der Waals surface area contributed by atoms with Gasteiger partial charge in [0.05, 0.1) is 12.0 Å². The van der Waals surface area contributed by atoms with Crippen LogP contribution in [0.1, 0.15) is 23.1 Å². The van der Waals surface area contributed by atoms with E-state index in [0.29, 0.717) is 31.7 Å². The maximum absolute atomic E-state index is 13.3. The minimum Gasteiger partial charge on any atom is -0.341 e. The van der Waals surface area contributed by atoms with Crippen LogP contribution in [0.5, 0.6) is 0 Å². The van der Waals surface area contributed by atoms with Crippen molar-refractivity contribution < 1.29 is 22.4 Å². The Kier molecular flexibility index (Phi) is 6.34. The summed E-state index contributed by atoms with van der Waals surface area (Å²) in [6.07, 6.45) is -3.38. The summed E-state index contributed by atoms with van der Waals surface area (Å²) in [6.45, 7) is 3.14. The molecule has 1 saturated heterocycles. The van der Waals surface area contributed by atoms with Crippen LogP contribution in [0.15, 0.2) is 48.5 Å². The summed E-state index contributed by atoms with van der Waals surface area (Å²) in [5.74, 6) is -0.397. The molecule has 2 aromatic rings. The SMILES string of the molecule is O=C(Cc1cccc(F)c1)N1CCCN(Cc2ccc(C(F)(F)F)cc2)CC1. The summed E-state index contributed by atoms with van der Waals surface area (Å²) in [7, 11) is 0. The van der Waals surface area contributed by atoms with Crippen molar-refractivity contribution in [2.45, 2.75) is 25.6 Å². The van der Waals surface area contributed by atoms with E-state index < -0.39 is 11.7 Å². The topological polar surface area (TPSA) is 23.6 Å². The van der Waals surface area contributed by atoms with Crippen LogP contribution in [0, 0.1) is 5.82 Å². The zero-order chi connectivity index (χ0) is 20.1. The summed E-state index contributed by atoms with van der Waals surface area (Å²) in [5.41, 5.74) is 0.810. The number of alkyl halides is 3. The standard InChI is InChI=1S/C21H22F4N2O/c22-19-4-1-3-17(13-19)14-20(28)27-10-2-9-26(11-12-27)15-16-5-7-18(8-6-16)21(23,24)25/h1,3-8,13H,2,9-12,14-15H2. The Morgan fingerprint density at radius 1 is 0.929 bits per heavy atom. The predicted molar refractivity (Wildman–Crippen MR) is 98.0 cm³/mol. The molecule has 7 heteroatoms. The van der Waals surface area contributed by atoms with Gasteiger partial charge >= 0.3 is 6.18 Å². The Morgan fingerprint density at radius 2 is 1.68 bits per heavy atom. The summed E-state index contributed by atoms with van der Waals surface area (Å²) in [5, 5.41) is 0. The lowest BCUT2D eigenvalue weighted by molar-refractivity contribution is -0.137. The molecule has 0 saturated carbocycles. The van der Waals surface area contributed by atoms with Gasteiger partial charge in [0.1, 0.15) is 5.82 Å². The highest BCUT2D eigenvalue weighted by Gasteiger charge is 2.30. The number of benzene rings is 2. The van der Waals surface area contributed by atoms with E-state index in [0.717, 1.165) is 30.7 Å². The Bertz CT molecular complexity index is 805. The number of carbonyl (C=O) groups is 1. The number of hydrogen-bond donors (Lipinski definition) is 0. The van der Waals surface area contributed by atoms with E-state index >= 15 is 0 Å². The van der Waals surface area contributed by atoms with Crippen molar-refractivity contribution in [1.82, 2.24) is 9.80 Å². The first-order valence-electron chi connectivity index (χ1n) is 9.22. The zero-order valence-corrected chi connectivity index (χ0v) is 15.4. The Hall–Kier alpha value is -2.41. The molecule has 0 atom stereocenters. The third-order valence-electron chi connectivity index (χ3n) is 4.87. The first-order chi connectivity index (χ1) is 13.3. The van der Waals surface area contributed by atoms with E-state index in [9.17, 15) is 22.4 Å². The molecular weight excluding hydrogens is 372 g/mol. The van der Waals surface area contributed by atoms with Gasteiger partial charge in [-0.1, -0.05) is 24.3 Å². The second kappa shape index (κ2) is 8.73. The van der Waals surface area contributed by atoms with Crippen LogP contribution >= 0.6 is 0 Å². The van der Waals surface area contributed by atoms with Gasteiger partial charge in [-0.05, 0) is 41.8 Å². The van der Waals surface area contributed by atoms with E-state index in [-0.39, 0.29) is 18.1 Å². The number of halogens is 4. The molecule has 1 fully saturated rings. The largest absolute Gasteiger partial charge is 0.416 e. The molecule has 2 aromatic carbocycles. The van der Waals surface area contributed by atoms with Crippen molar-refractivity contribution in [1.29, 1.82) is 0 Å². The molecule has 0 N–H and O–H groups in total. The molecule has 3 nitrogen and oxygen atoms in total. The van der Waals surface area contributed by atoms with Gasteiger partial charge in [0.15, 0.2) is 0 Å². The highest BCUT2D eigenvalue weighted by Crippen LogP contribution is 2.29. The summed E-state index contributed by atoms with van der Waals surface area (Å²) >= 11 is 0. The fourth-order valence-corrected chi connectivity index (χ4v) is 3.37. The molecule has 28 heavy (non-hydrogen) atoms. The van der Waals surface area contributed by atoms with Gasteiger partial charge in [-0.15, -0.1) is 0 Å². The van der Waals surface area contributed by atoms with Crippen molar-refractivity contribution in [3.63, 3.8) is 0 Å². The molecule has 1 amide bonds. The van der Waals surface area contributed by atoms with Crippen LogP contribution in [0.25, 0.3) is 0 Å². The highest BCUT2D eigenvalue weighted by molar-refractivity contribution is 5.78. The van der Waals surface area contributed by atoms with Gasteiger partial charge in [-0.25, -0.2) is 4.39 Å². The number of nitrogens with zero attached hydrogens (tertiary/aromatic N) is 2. The highest BCUT2D eigenvalue weighted by atomic mass is 19.4. The van der Waals surface area contributed by atoms with Crippen LogP contribution in [-0.4, -0.2) is 41.9 Å². The molecule has 0 aromatic heterocycles. The molecule has 1 aliphatic heterocycles. The smallest absolute Gasteiger partial charge is 0.341 e. The van der Waals surface area contributed by atoms with Gasteiger partial charge in [0.2, 0.25) is 5.91 Å². The lowest BCUT2D eigenvalue weighted by atomic mass is 10.1. The van der Waals surface area contributed by atoms with Crippen LogP contribution in [0.2, 0.25) is 0 Å². The molecule has 0 bridgehead atoms. The summed E-state index contributed by atoms with van der Waals surface area (Å²) < 4.78 is 51.3. The maximum Gasteiger partial charge on any atom is 0.416 e. The first-order valence-corrected chi connectivity index (χ1v) is 9.22. The van der Waals surface area contributed by atoms with Crippen molar-refractivity contribution in [3.8, 4) is 0 Å². The van der Waals surface area contributed by atoms with Gasteiger partial charge < -0.3 is 4.90 Å². The van der Waals surface area contributed by atoms with Crippen LogP contribution < -0.4 is 0 Å². The second-order valence-corrected chi connectivity index (χ2v) is 7.01. The normalized spacial score (nSPS) is 16.1. The Morgan fingerprint density at radius 3 is 2.36 bits per heavy atom. The van der Waals surface area contributed by atoms with E-state index in [1.165, 1.54) is 24.3 Å². The van der Waals surface area contributed by atoms with Gasteiger partial charge in [-0.2, -0.15) is 13.2 Å². The van der Waals surface area contributed by atoms with Crippen molar-refractivity contribution >= 4 is 5.91 Å². The molecule has 0 unspecified atom stereocenters. The molecule has 1 heterocycles. The summed E-state index contributed by atoms with van der Waals surface area (Å²) in [6, 6.07) is 11.2. The lowest BCUT2D eigenvalue weighted by Crippen LogP contribution is -2.36.